The van der Waals surface area contributed by atoms with Gasteiger partial charge in [0.15, 0.2) is 0 Å². The molecule has 0 aliphatic rings. The molecule has 0 spiro atoms. The van der Waals surface area contributed by atoms with Gasteiger partial charge in [0.05, 0.1) is 0 Å². The minimum absolute atomic E-state index is 0.885. The minimum Gasteiger partial charge on any atom is -0.388 e. The van der Waals surface area contributed by atoms with E-state index in [9.17, 15) is 0 Å². The number of aryl methyl sites for hydroxylation is 1. The zero-order valence-corrected chi connectivity index (χ0v) is 9.77. The van der Waals surface area contributed by atoms with Gasteiger partial charge in [-0.25, -0.2) is 4.98 Å². The van der Waals surface area contributed by atoms with E-state index in [0.717, 1.165) is 24.5 Å². The van der Waals surface area contributed by atoms with E-state index < -0.39 is 0 Å². The van der Waals surface area contributed by atoms with E-state index in [1.807, 2.05) is 19.4 Å². The number of hydrogen-bond acceptors (Lipinski definition) is 2. The summed E-state index contributed by atoms with van der Waals surface area (Å²) >= 11 is 0. The van der Waals surface area contributed by atoms with Crippen LogP contribution in [0.4, 0.5) is 5.69 Å². The van der Waals surface area contributed by atoms with E-state index in [4.69, 9.17) is 0 Å². The first-order valence-corrected chi connectivity index (χ1v) is 5.60. The normalized spacial score (nSPS) is 10.4. The largest absolute Gasteiger partial charge is 0.388 e. The summed E-state index contributed by atoms with van der Waals surface area (Å²) in [5, 5.41) is 3.15. The molecule has 0 atom stereocenters. The highest BCUT2D eigenvalue weighted by molar-refractivity contribution is 5.45. The van der Waals surface area contributed by atoms with Crippen LogP contribution in [0.2, 0.25) is 0 Å². The van der Waals surface area contributed by atoms with E-state index in [0.29, 0.717) is 0 Å². The number of hydrogen-bond donors (Lipinski definition) is 1. The second-order valence-electron chi connectivity index (χ2n) is 3.76. The van der Waals surface area contributed by atoms with Gasteiger partial charge in [0, 0.05) is 38.1 Å². The Morgan fingerprint density at radius 2 is 2.25 bits per heavy atom. The zero-order valence-electron chi connectivity index (χ0n) is 9.77. The van der Waals surface area contributed by atoms with Crippen LogP contribution in [0.5, 0.6) is 0 Å². The maximum Gasteiger partial charge on any atom is 0.113 e. The molecule has 0 unspecified atom stereocenters. The van der Waals surface area contributed by atoms with Crippen LogP contribution >= 0.6 is 0 Å². The van der Waals surface area contributed by atoms with Gasteiger partial charge >= 0.3 is 0 Å². The van der Waals surface area contributed by atoms with Gasteiger partial charge in [0.25, 0.3) is 0 Å². The van der Waals surface area contributed by atoms with Crippen molar-refractivity contribution in [2.45, 2.75) is 19.9 Å². The molecule has 1 aromatic heterocycles. The van der Waals surface area contributed by atoms with Crippen molar-refractivity contribution in [3.05, 3.63) is 48.0 Å². The number of anilines is 1. The van der Waals surface area contributed by atoms with Gasteiger partial charge in [-0.2, -0.15) is 0 Å². The van der Waals surface area contributed by atoms with Gasteiger partial charge in [0.1, 0.15) is 5.82 Å². The molecule has 0 amide bonds. The fourth-order valence-corrected chi connectivity index (χ4v) is 1.81. The molecule has 1 heterocycles. The van der Waals surface area contributed by atoms with Gasteiger partial charge in [-0.05, 0) is 24.6 Å². The Morgan fingerprint density at radius 1 is 1.38 bits per heavy atom. The summed E-state index contributed by atoms with van der Waals surface area (Å²) in [6.45, 7) is 3.11. The number of nitrogens with one attached hydrogen (secondary N) is 1. The third-order valence-corrected chi connectivity index (χ3v) is 2.72. The Bertz CT molecular complexity index is 460. The smallest absolute Gasteiger partial charge is 0.113 e. The summed E-state index contributed by atoms with van der Waals surface area (Å²) in [4.78, 5) is 4.38. The van der Waals surface area contributed by atoms with Crippen molar-refractivity contribution >= 4 is 5.69 Å². The van der Waals surface area contributed by atoms with Crippen LogP contribution in [0.15, 0.2) is 36.7 Å². The molecular formula is C13H17N3. The highest BCUT2D eigenvalue weighted by Gasteiger charge is 2.02. The number of aromatic nitrogens is 2. The molecule has 0 aliphatic heterocycles. The van der Waals surface area contributed by atoms with E-state index in [1.165, 1.54) is 5.56 Å². The molecule has 2 aromatic rings. The van der Waals surface area contributed by atoms with Gasteiger partial charge in [-0.3, -0.25) is 0 Å². The third kappa shape index (κ3) is 2.24. The average molecular weight is 215 g/mol. The lowest BCUT2D eigenvalue weighted by molar-refractivity contribution is 0.712. The van der Waals surface area contributed by atoms with Crippen LogP contribution in [0.3, 0.4) is 0 Å². The Balaban J connectivity index is 2.20. The molecule has 1 aromatic carbocycles. The summed E-state index contributed by atoms with van der Waals surface area (Å²) in [6, 6.07) is 8.43. The fourth-order valence-electron chi connectivity index (χ4n) is 1.81. The Hall–Kier alpha value is -1.77. The molecule has 0 bridgehead atoms. The molecule has 1 N–H and O–H groups in total. The molecule has 16 heavy (non-hydrogen) atoms. The van der Waals surface area contributed by atoms with Gasteiger partial charge in [-0.1, -0.05) is 12.1 Å². The van der Waals surface area contributed by atoms with Crippen molar-refractivity contribution in [1.29, 1.82) is 0 Å². The van der Waals surface area contributed by atoms with Crippen LogP contribution in [0.1, 0.15) is 18.3 Å². The van der Waals surface area contributed by atoms with Crippen molar-refractivity contribution in [3.63, 3.8) is 0 Å². The lowest BCUT2D eigenvalue weighted by Crippen LogP contribution is -2.02. The van der Waals surface area contributed by atoms with Crippen LogP contribution in [0, 0.1) is 0 Å². The minimum atomic E-state index is 0.885. The topological polar surface area (TPSA) is 29.9 Å². The molecule has 0 saturated carbocycles. The Morgan fingerprint density at radius 3 is 3.00 bits per heavy atom. The van der Waals surface area contributed by atoms with E-state index in [2.05, 4.69) is 46.1 Å². The molecule has 3 nitrogen and oxygen atoms in total. The van der Waals surface area contributed by atoms with Crippen molar-refractivity contribution in [2.75, 3.05) is 12.4 Å². The zero-order chi connectivity index (χ0) is 11.4. The molecule has 0 aliphatic carbocycles. The second kappa shape index (κ2) is 4.84. The highest BCUT2D eigenvalue weighted by Crippen LogP contribution is 2.13. The number of rotatable bonds is 4. The van der Waals surface area contributed by atoms with Crippen LogP contribution in [-0.4, -0.2) is 16.6 Å². The summed E-state index contributed by atoms with van der Waals surface area (Å²) in [5.41, 5.74) is 2.43. The molecule has 2 rings (SSSR count). The van der Waals surface area contributed by atoms with Crippen LogP contribution in [-0.2, 0) is 13.0 Å². The summed E-state index contributed by atoms with van der Waals surface area (Å²) in [7, 11) is 1.94. The SMILES string of the molecule is CCn1ccnc1Cc1cccc(NC)c1. The molecule has 3 heteroatoms. The number of nitrogens with zero attached hydrogens (tertiary/aromatic N) is 2. The van der Waals surface area contributed by atoms with Gasteiger partial charge in [0.2, 0.25) is 0 Å². The lowest BCUT2D eigenvalue weighted by atomic mass is 10.1. The predicted octanol–water partition coefficient (Wildman–Crippen LogP) is 2.54. The Labute approximate surface area is 96.1 Å². The number of imidazole rings is 1. The molecule has 0 radical (unpaired) electrons. The monoisotopic (exact) mass is 215 g/mol. The first kappa shape index (κ1) is 10.7. The van der Waals surface area contributed by atoms with E-state index >= 15 is 0 Å². The first-order chi connectivity index (χ1) is 7.83. The van der Waals surface area contributed by atoms with Crippen molar-refractivity contribution in [3.8, 4) is 0 Å². The van der Waals surface area contributed by atoms with Crippen LogP contribution < -0.4 is 5.32 Å². The van der Waals surface area contributed by atoms with Crippen molar-refractivity contribution < 1.29 is 0 Å². The second-order valence-corrected chi connectivity index (χ2v) is 3.76. The third-order valence-electron chi connectivity index (χ3n) is 2.72. The maximum absolute atomic E-state index is 4.38. The molecule has 84 valence electrons. The summed E-state index contributed by atoms with van der Waals surface area (Å²) in [5.74, 6) is 1.12. The summed E-state index contributed by atoms with van der Waals surface area (Å²) in [6.07, 6.45) is 4.77. The molecular weight excluding hydrogens is 198 g/mol. The van der Waals surface area contributed by atoms with Gasteiger partial charge in [-0.15, -0.1) is 0 Å². The summed E-state index contributed by atoms with van der Waals surface area (Å²) < 4.78 is 2.17. The average Bonchev–Trinajstić information content (AvgIpc) is 2.76. The van der Waals surface area contributed by atoms with Crippen molar-refractivity contribution in [1.82, 2.24) is 9.55 Å². The van der Waals surface area contributed by atoms with E-state index in [-0.39, 0.29) is 0 Å². The maximum atomic E-state index is 4.38. The standard InChI is InChI=1S/C13H17N3/c1-3-16-8-7-15-13(16)10-11-5-4-6-12(9-11)14-2/h4-9,14H,3,10H2,1-2H3. The highest BCUT2D eigenvalue weighted by atomic mass is 15.0. The van der Waals surface area contributed by atoms with Gasteiger partial charge < -0.3 is 9.88 Å². The molecule has 0 saturated heterocycles. The fraction of sp³-hybridized carbons (Fsp3) is 0.308. The van der Waals surface area contributed by atoms with Crippen molar-refractivity contribution in [2.24, 2.45) is 0 Å². The quantitative estimate of drug-likeness (QED) is 0.849. The lowest BCUT2D eigenvalue weighted by Gasteiger charge is -2.06. The van der Waals surface area contributed by atoms with E-state index in [1.54, 1.807) is 0 Å². The molecule has 0 fully saturated rings. The predicted molar refractivity (Wildman–Crippen MR) is 66.7 cm³/mol. The Kier molecular flexibility index (Phi) is 3.25. The van der Waals surface area contributed by atoms with Crippen LogP contribution in [0.25, 0.3) is 0 Å². The first-order valence-electron chi connectivity index (χ1n) is 5.60. The number of benzene rings is 1.